The number of methoxy groups -OCH3 is 1. The first-order valence-corrected chi connectivity index (χ1v) is 14.3. The molecule has 266 valence electrons. The summed E-state index contributed by atoms with van der Waals surface area (Å²) in [6.45, 7) is 8.30. The lowest BCUT2D eigenvalue weighted by atomic mass is 9.90. The number of ether oxygens (including phenoxy) is 3. The van der Waals surface area contributed by atoms with E-state index < -0.39 is 94.9 Å². The number of alkyl carbamates (subject to hydrolysis) is 1. The second-order valence-electron chi connectivity index (χ2n) is 12.1. The number of nitrogens with zero attached hydrogens (tertiary/aromatic N) is 3. The van der Waals surface area contributed by atoms with Crippen LogP contribution in [-0.4, -0.2) is 53.5 Å². The van der Waals surface area contributed by atoms with Gasteiger partial charge in [-0.1, -0.05) is 18.7 Å². The van der Waals surface area contributed by atoms with Crippen molar-refractivity contribution in [1.82, 2.24) is 15.5 Å². The highest BCUT2D eigenvalue weighted by Crippen LogP contribution is 2.46. The minimum Gasteiger partial charge on any atom is -0.444 e. The number of alkyl halides is 7. The molecule has 10 nitrogen and oxygen atoms in total. The van der Waals surface area contributed by atoms with E-state index in [1.165, 1.54) is 12.1 Å². The summed E-state index contributed by atoms with van der Waals surface area (Å²) in [6.07, 6.45) is -11.6. The van der Waals surface area contributed by atoms with Gasteiger partial charge >= 0.3 is 18.6 Å². The van der Waals surface area contributed by atoms with Gasteiger partial charge in [0.2, 0.25) is 5.91 Å². The third kappa shape index (κ3) is 7.95. The van der Waals surface area contributed by atoms with Crippen molar-refractivity contribution in [2.45, 2.75) is 76.1 Å². The number of halogens is 8. The minimum absolute atomic E-state index is 0.180. The van der Waals surface area contributed by atoms with E-state index in [1.807, 2.05) is 0 Å². The van der Waals surface area contributed by atoms with Gasteiger partial charge in [0, 0.05) is 19.1 Å². The maximum absolute atomic E-state index is 16.5. The van der Waals surface area contributed by atoms with Gasteiger partial charge in [0.05, 0.1) is 17.8 Å². The van der Waals surface area contributed by atoms with Gasteiger partial charge < -0.3 is 28.8 Å². The smallest absolute Gasteiger partial charge is 0.444 e. The Kier molecular flexibility index (Phi) is 9.80. The van der Waals surface area contributed by atoms with E-state index >= 15 is 8.78 Å². The minimum atomic E-state index is -5.14. The fourth-order valence-corrected chi connectivity index (χ4v) is 5.05. The van der Waals surface area contributed by atoms with E-state index in [0.29, 0.717) is 19.3 Å². The summed E-state index contributed by atoms with van der Waals surface area (Å²) in [7, 11) is 0.705. The first-order chi connectivity index (χ1) is 22.5. The number of carbonyl (C=O) groups is 2. The summed E-state index contributed by atoms with van der Waals surface area (Å²) >= 11 is 0. The molecule has 0 fully saturated rings. The summed E-state index contributed by atoms with van der Waals surface area (Å²) in [5.74, 6) is -4.73. The SMILES string of the molecule is C=CC(OC)(c1nnc(-c2cc3c(cc2F)C(C)(F)C[C@H](NC(=O)OC(C)(C)C)C(=O)N3Cc2ccc(OC(F)(F)F)cc2)o1)C(F)(F)F. The lowest BCUT2D eigenvalue weighted by Crippen LogP contribution is -2.50. The lowest BCUT2D eigenvalue weighted by Gasteiger charge is -2.28. The van der Waals surface area contributed by atoms with Gasteiger partial charge in [-0.15, -0.1) is 23.4 Å². The molecule has 0 radical (unpaired) electrons. The van der Waals surface area contributed by atoms with Crippen molar-refractivity contribution in [3.05, 3.63) is 71.9 Å². The number of fused-ring (bicyclic) bond motifs is 1. The van der Waals surface area contributed by atoms with E-state index in [9.17, 15) is 35.9 Å². The summed E-state index contributed by atoms with van der Waals surface area (Å²) in [4.78, 5) is 27.6. The van der Waals surface area contributed by atoms with Crippen molar-refractivity contribution in [3.63, 3.8) is 0 Å². The average molecular weight is 707 g/mol. The molecule has 1 N–H and O–H groups in total. The second-order valence-corrected chi connectivity index (χ2v) is 12.1. The van der Waals surface area contributed by atoms with Crippen LogP contribution in [0.5, 0.6) is 5.75 Å². The van der Waals surface area contributed by atoms with Crippen molar-refractivity contribution in [2.24, 2.45) is 0 Å². The predicted octanol–water partition coefficient (Wildman–Crippen LogP) is 7.38. The molecule has 2 amide bonds. The van der Waals surface area contributed by atoms with Crippen LogP contribution in [0.25, 0.3) is 11.5 Å². The molecule has 1 aliphatic heterocycles. The number of hydrogen-bond donors (Lipinski definition) is 1. The van der Waals surface area contributed by atoms with Gasteiger partial charge in [-0.2, -0.15) is 13.2 Å². The van der Waals surface area contributed by atoms with Crippen molar-refractivity contribution < 1.29 is 63.3 Å². The van der Waals surface area contributed by atoms with Crippen LogP contribution in [0.1, 0.15) is 51.1 Å². The van der Waals surface area contributed by atoms with Gasteiger partial charge in [0.25, 0.3) is 17.4 Å². The molecule has 3 atom stereocenters. The molecule has 0 saturated carbocycles. The fraction of sp³-hybridized carbons (Fsp3) is 0.419. The first kappa shape index (κ1) is 37.1. The van der Waals surface area contributed by atoms with Crippen LogP contribution in [0, 0.1) is 5.82 Å². The molecule has 18 heteroatoms. The highest BCUT2D eigenvalue weighted by molar-refractivity contribution is 6.01. The van der Waals surface area contributed by atoms with Crippen molar-refractivity contribution in [1.29, 1.82) is 0 Å². The number of aromatic nitrogens is 2. The van der Waals surface area contributed by atoms with Crippen molar-refractivity contribution >= 4 is 17.7 Å². The highest BCUT2D eigenvalue weighted by atomic mass is 19.4. The molecule has 49 heavy (non-hydrogen) atoms. The van der Waals surface area contributed by atoms with Gasteiger partial charge in [-0.3, -0.25) is 4.79 Å². The molecule has 0 bridgehead atoms. The fourth-order valence-electron chi connectivity index (χ4n) is 5.05. The highest BCUT2D eigenvalue weighted by Gasteiger charge is 2.59. The summed E-state index contributed by atoms with van der Waals surface area (Å²) in [5, 5.41) is 9.21. The lowest BCUT2D eigenvalue weighted by molar-refractivity contribution is -0.274. The van der Waals surface area contributed by atoms with Crippen molar-refractivity contribution in [2.75, 3.05) is 12.0 Å². The Labute approximate surface area is 274 Å². The number of amides is 2. The molecule has 4 rings (SSSR count). The first-order valence-electron chi connectivity index (χ1n) is 14.3. The predicted molar refractivity (Wildman–Crippen MR) is 155 cm³/mol. The molecule has 0 spiro atoms. The number of carbonyl (C=O) groups excluding carboxylic acids is 2. The maximum atomic E-state index is 16.5. The van der Waals surface area contributed by atoms with Crippen LogP contribution < -0.4 is 15.0 Å². The van der Waals surface area contributed by atoms with E-state index in [-0.39, 0.29) is 11.3 Å². The Balaban J connectivity index is 1.85. The molecule has 1 aliphatic rings. The molecular weight excluding hydrogens is 676 g/mol. The Morgan fingerprint density at radius 3 is 2.29 bits per heavy atom. The zero-order valence-electron chi connectivity index (χ0n) is 26.6. The standard InChI is InChI=1S/C31H30F8N4O6/c1-7-29(46-6,30(34,35)36)25-42-41-23(47-25)18-12-22-19(13-20(18)32)28(5,33)14-21(40-26(45)49-27(2,3)4)24(44)43(22)15-16-8-10-17(11-9-16)48-31(37,38)39/h7-13,21H,1,14-15H2,2-6H3,(H,40,45)/t21-,28?,29?/m0/s1. The number of rotatable bonds is 8. The number of hydrogen-bond acceptors (Lipinski definition) is 8. The van der Waals surface area contributed by atoms with Crippen LogP contribution in [-0.2, 0) is 32.1 Å². The van der Waals surface area contributed by atoms with Gasteiger partial charge in [0.1, 0.15) is 28.9 Å². The third-order valence-electron chi connectivity index (χ3n) is 7.28. The number of nitrogens with one attached hydrogen (secondary N) is 1. The Morgan fingerprint density at radius 1 is 1.12 bits per heavy atom. The quantitative estimate of drug-likeness (QED) is 0.191. The second kappa shape index (κ2) is 12.9. The zero-order valence-corrected chi connectivity index (χ0v) is 26.6. The van der Waals surface area contributed by atoms with Crippen LogP contribution in [0.15, 0.2) is 53.5 Å². The third-order valence-corrected chi connectivity index (χ3v) is 7.28. The van der Waals surface area contributed by atoms with Crippen molar-refractivity contribution in [3.8, 4) is 17.2 Å². The number of benzene rings is 2. The van der Waals surface area contributed by atoms with E-state index in [0.717, 1.165) is 30.0 Å². The van der Waals surface area contributed by atoms with Gasteiger partial charge in [-0.05, 0) is 63.6 Å². The molecule has 0 aliphatic carbocycles. The Hall–Kier alpha value is -4.74. The van der Waals surface area contributed by atoms with Gasteiger partial charge in [-0.25, -0.2) is 13.6 Å². The molecule has 0 saturated heterocycles. The molecule has 2 unspecified atom stereocenters. The zero-order chi connectivity index (χ0) is 36.7. The van der Waals surface area contributed by atoms with E-state index in [2.05, 4.69) is 31.6 Å². The van der Waals surface area contributed by atoms with Crippen LogP contribution in [0.2, 0.25) is 0 Å². The summed E-state index contributed by atoms with van der Waals surface area (Å²) in [6, 6.07) is 4.23. The summed E-state index contributed by atoms with van der Waals surface area (Å²) in [5.41, 5.74) is -8.03. The average Bonchev–Trinajstić information content (AvgIpc) is 3.42. The molecule has 3 aromatic rings. The Bertz CT molecular complexity index is 1720. The van der Waals surface area contributed by atoms with Crippen LogP contribution in [0.3, 0.4) is 0 Å². The largest absolute Gasteiger partial charge is 0.573 e. The number of anilines is 1. The normalized spacial score (nSPS) is 19.8. The maximum Gasteiger partial charge on any atom is 0.573 e. The van der Waals surface area contributed by atoms with Gasteiger partial charge in [0.15, 0.2) is 0 Å². The van der Waals surface area contributed by atoms with Crippen LogP contribution in [0.4, 0.5) is 45.6 Å². The monoisotopic (exact) mass is 706 g/mol. The molecular formula is C31H30F8N4O6. The van der Waals surface area contributed by atoms with E-state index in [4.69, 9.17) is 9.15 Å². The Morgan fingerprint density at radius 2 is 1.76 bits per heavy atom. The summed E-state index contributed by atoms with van der Waals surface area (Å²) < 4.78 is 131. The molecule has 2 aromatic carbocycles. The van der Waals surface area contributed by atoms with E-state index in [1.54, 1.807) is 20.8 Å². The van der Waals surface area contributed by atoms with Crippen LogP contribution >= 0.6 is 0 Å². The topological polar surface area (TPSA) is 116 Å². The molecule has 1 aromatic heterocycles. The molecule has 2 heterocycles.